The summed E-state index contributed by atoms with van der Waals surface area (Å²) in [5.74, 6) is 1.44. The second kappa shape index (κ2) is 10.3. The van der Waals surface area contributed by atoms with Crippen LogP contribution in [0.4, 0.5) is 0 Å². The molecule has 182 valence electrons. The molecule has 2 aromatic carbocycles. The zero-order chi connectivity index (χ0) is 24.3. The van der Waals surface area contributed by atoms with Gasteiger partial charge in [0.15, 0.2) is 0 Å². The molecular formula is C27H36N4O3. The smallest absolute Gasteiger partial charge is 0.267 e. The third kappa shape index (κ3) is 5.02. The van der Waals surface area contributed by atoms with Crippen molar-refractivity contribution in [2.45, 2.75) is 45.7 Å². The number of amides is 2. The van der Waals surface area contributed by atoms with Gasteiger partial charge in [-0.3, -0.25) is 14.8 Å². The van der Waals surface area contributed by atoms with E-state index >= 15 is 0 Å². The molecule has 34 heavy (non-hydrogen) atoms. The molecule has 7 heteroatoms. The van der Waals surface area contributed by atoms with Crippen LogP contribution >= 0.6 is 0 Å². The molecule has 1 unspecified atom stereocenters. The van der Waals surface area contributed by atoms with Crippen LogP contribution in [0.15, 0.2) is 48.5 Å². The lowest BCUT2D eigenvalue weighted by molar-refractivity contribution is -0.130. The highest BCUT2D eigenvalue weighted by Gasteiger charge is 2.53. The van der Waals surface area contributed by atoms with Gasteiger partial charge in [-0.05, 0) is 77.8 Å². The monoisotopic (exact) mass is 464 g/mol. The van der Waals surface area contributed by atoms with E-state index in [1.54, 1.807) is 12.1 Å². The van der Waals surface area contributed by atoms with Crippen LogP contribution in [0.2, 0.25) is 0 Å². The van der Waals surface area contributed by atoms with Crippen molar-refractivity contribution in [3.63, 3.8) is 0 Å². The van der Waals surface area contributed by atoms with Gasteiger partial charge in [0, 0.05) is 18.7 Å². The summed E-state index contributed by atoms with van der Waals surface area (Å²) in [6, 6.07) is 14.7. The summed E-state index contributed by atoms with van der Waals surface area (Å²) in [4.78, 5) is 23.9. The summed E-state index contributed by atoms with van der Waals surface area (Å²) >= 11 is 0. The molecule has 3 saturated carbocycles. The first kappa shape index (κ1) is 24.4. The summed E-state index contributed by atoms with van der Waals surface area (Å²) in [6.07, 6.45) is 4.16. The summed E-state index contributed by atoms with van der Waals surface area (Å²) in [7, 11) is 0. The SMILES string of the molecule is CC1(C)C2CC[C@@H](CNCc3ccc(-c4ccc(C(=O)N[C@@H](CN)C(=O)NO)cc4)cc3)[C@@H]1C2. The Morgan fingerprint density at radius 1 is 1.06 bits per heavy atom. The van der Waals surface area contributed by atoms with E-state index in [4.69, 9.17) is 10.9 Å². The van der Waals surface area contributed by atoms with Crippen molar-refractivity contribution in [2.24, 2.45) is 28.9 Å². The number of carbonyl (C=O) groups excluding carboxylic acids is 2. The Kier molecular flexibility index (Phi) is 7.36. The van der Waals surface area contributed by atoms with E-state index < -0.39 is 17.9 Å². The predicted molar refractivity (Wildman–Crippen MR) is 132 cm³/mol. The molecular weight excluding hydrogens is 428 g/mol. The molecule has 7 nitrogen and oxygen atoms in total. The Bertz CT molecular complexity index is 1000. The number of nitrogens with one attached hydrogen (secondary N) is 3. The predicted octanol–water partition coefficient (Wildman–Crippen LogP) is 3.08. The van der Waals surface area contributed by atoms with Gasteiger partial charge in [-0.25, -0.2) is 5.48 Å². The van der Waals surface area contributed by atoms with E-state index in [-0.39, 0.29) is 6.54 Å². The fourth-order valence-corrected chi connectivity index (χ4v) is 5.79. The number of fused-ring (bicyclic) bond motifs is 2. The third-order valence-electron chi connectivity index (χ3n) is 8.14. The molecule has 0 spiro atoms. The topological polar surface area (TPSA) is 116 Å². The maximum atomic E-state index is 12.4. The standard InChI is InChI=1S/C27H36N4O3/c1-27(2)22-12-11-21(23(27)13-22)16-29-15-17-3-5-18(6-4-17)19-7-9-20(10-8-19)25(32)30-24(14-28)26(33)31-34/h3-10,21-24,29,34H,11-16,28H2,1-2H3,(H,30,32)(H,31,33)/t21-,22?,23-,24-/m0/s1. The van der Waals surface area contributed by atoms with E-state index in [2.05, 4.69) is 48.7 Å². The van der Waals surface area contributed by atoms with Crippen LogP contribution in [0.3, 0.4) is 0 Å². The second-order valence-electron chi connectivity index (χ2n) is 10.3. The Labute approximate surface area is 201 Å². The van der Waals surface area contributed by atoms with Crippen molar-refractivity contribution < 1.29 is 14.8 Å². The lowest BCUT2D eigenvalue weighted by Gasteiger charge is -2.60. The molecule has 2 amide bonds. The van der Waals surface area contributed by atoms with Crippen LogP contribution in [0.5, 0.6) is 0 Å². The summed E-state index contributed by atoms with van der Waals surface area (Å²) in [6.45, 7) is 6.74. The van der Waals surface area contributed by atoms with Gasteiger partial charge < -0.3 is 16.4 Å². The highest BCUT2D eigenvalue weighted by Crippen LogP contribution is 2.61. The molecule has 0 aliphatic heterocycles. The van der Waals surface area contributed by atoms with Gasteiger partial charge in [-0.15, -0.1) is 0 Å². The summed E-state index contributed by atoms with van der Waals surface area (Å²) in [5, 5.41) is 14.9. The average Bonchev–Trinajstić information content (AvgIpc) is 2.87. The first-order chi connectivity index (χ1) is 16.3. The van der Waals surface area contributed by atoms with Crippen LogP contribution in [-0.2, 0) is 11.3 Å². The van der Waals surface area contributed by atoms with Crippen LogP contribution in [0.25, 0.3) is 11.1 Å². The molecule has 3 fully saturated rings. The molecule has 5 rings (SSSR count). The number of hydrogen-bond donors (Lipinski definition) is 5. The maximum absolute atomic E-state index is 12.4. The zero-order valence-corrected chi connectivity index (χ0v) is 20.0. The zero-order valence-electron chi connectivity index (χ0n) is 20.0. The summed E-state index contributed by atoms with van der Waals surface area (Å²) < 4.78 is 0. The van der Waals surface area contributed by atoms with E-state index in [9.17, 15) is 9.59 Å². The third-order valence-corrected chi connectivity index (χ3v) is 8.14. The molecule has 3 aliphatic carbocycles. The first-order valence-electron chi connectivity index (χ1n) is 12.2. The van der Waals surface area contributed by atoms with Gasteiger partial charge in [0.2, 0.25) is 0 Å². The fourth-order valence-electron chi connectivity index (χ4n) is 5.79. The molecule has 0 aromatic heterocycles. The van der Waals surface area contributed by atoms with Crippen molar-refractivity contribution in [1.82, 2.24) is 16.1 Å². The molecule has 6 N–H and O–H groups in total. The molecule has 3 aliphatic rings. The van der Waals surface area contributed by atoms with E-state index in [0.717, 1.165) is 42.0 Å². The minimum absolute atomic E-state index is 0.114. The highest BCUT2D eigenvalue weighted by atomic mass is 16.5. The largest absolute Gasteiger partial charge is 0.339 e. The average molecular weight is 465 g/mol. The molecule has 0 saturated heterocycles. The van der Waals surface area contributed by atoms with Crippen LogP contribution < -0.4 is 21.8 Å². The maximum Gasteiger partial charge on any atom is 0.267 e. The van der Waals surface area contributed by atoms with Crippen LogP contribution in [0.1, 0.15) is 49.0 Å². The molecule has 2 bridgehead atoms. The van der Waals surface area contributed by atoms with Gasteiger partial charge in [-0.2, -0.15) is 0 Å². The van der Waals surface area contributed by atoms with Crippen molar-refractivity contribution in [2.75, 3.05) is 13.1 Å². The normalized spacial score (nSPS) is 23.5. The number of benzene rings is 2. The van der Waals surface area contributed by atoms with Crippen molar-refractivity contribution in [1.29, 1.82) is 0 Å². The minimum atomic E-state index is -0.992. The number of nitrogens with two attached hydrogens (primary N) is 1. The molecule has 4 atom stereocenters. The lowest BCUT2D eigenvalue weighted by atomic mass is 9.45. The number of carbonyl (C=O) groups is 2. The Morgan fingerprint density at radius 2 is 1.71 bits per heavy atom. The van der Waals surface area contributed by atoms with E-state index in [0.29, 0.717) is 11.0 Å². The van der Waals surface area contributed by atoms with E-state index in [1.807, 2.05) is 12.1 Å². The van der Waals surface area contributed by atoms with E-state index in [1.165, 1.54) is 30.3 Å². The van der Waals surface area contributed by atoms with Crippen LogP contribution in [-0.4, -0.2) is 36.2 Å². The van der Waals surface area contributed by atoms with Crippen molar-refractivity contribution in [3.8, 4) is 11.1 Å². The van der Waals surface area contributed by atoms with Gasteiger partial charge in [0.1, 0.15) is 6.04 Å². The molecule has 0 radical (unpaired) electrons. The Morgan fingerprint density at radius 3 is 2.26 bits per heavy atom. The molecule has 2 aromatic rings. The lowest BCUT2D eigenvalue weighted by Crippen LogP contribution is -2.54. The number of hydroxylamine groups is 1. The number of hydrogen-bond acceptors (Lipinski definition) is 5. The highest BCUT2D eigenvalue weighted by molar-refractivity contribution is 5.97. The summed E-state index contributed by atoms with van der Waals surface area (Å²) in [5.41, 5.74) is 11.3. The van der Waals surface area contributed by atoms with Crippen molar-refractivity contribution >= 4 is 11.8 Å². The fraction of sp³-hybridized carbons (Fsp3) is 0.481. The quantitative estimate of drug-likeness (QED) is 0.289. The van der Waals surface area contributed by atoms with Gasteiger partial charge >= 0.3 is 0 Å². The van der Waals surface area contributed by atoms with Gasteiger partial charge in [0.05, 0.1) is 0 Å². The van der Waals surface area contributed by atoms with Gasteiger partial charge in [-0.1, -0.05) is 50.2 Å². The van der Waals surface area contributed by atoms with Crippen LogP contribution in [0, 0.1) is 23.2 Å². The first-order valence-corrected chi connectivity index (χ1v) is 12.2. The Hall–Kier alpha value is -2.74. The van der Waals surface area contributed by atoms with Gasteiger partial charge in [0.25, 0.3) is 11.8 Å². The Balaban J connectivity index is 1.29. The minimum Gasteiger partial charge on any atom is -0.339 e. The van der Waals surface area contributed by atoms with Crippen molar-refractivity contribution in [3.05, 3.63) is 59.7 Å². The number of rotatable bonds is 9. The molecule has 0 heterocycles. The second-order valence-corrected chi connectivity index (χ2v) is 10.3.